The number of benzene rings is 2. The molecule has 0 aliphatic heterocycles. The van der Waals surface area contributed by atoms with Crippen LogP contribution >= 0.6 is 23.2 Å². The summed E-state index contributed by atoms with van der Waals surface area (Å²) in [5.74, 6) is 2.80. The topological polar surface area (TPSA) is 119 Å². The van der Waals surface area contributed by atoms with E-state index in [1.54, 1.807) is 0 Å². The van der Waals surface area contributed by atoms with Gasteiger partial charge in [-0.25, -0.2) is 5.10 Å². The summed E-state index contributed by atoms with van der Waals surface area (Å²) >= 11 is 13.1. The number of tetrazole rings is 1. The van der Waals surface area contributed by atoms with Crippen LogP contribution in [-0.4, -0.2) is 37.8 Å². The third-order valence-corrected chi connectivity index (χ3v) is 9.59. The Morgan fingerprint density at radius 1 is 1.12 bits per heavy atom. The molecule has 41 heavy (non-hydrogen) atoms. The van der Waals surface area contributed by atoms with Gasteiger partial charge in [-0.2, -0.15) is 0 Å². The molecule has 3 fully saturated rings. The lowest BCUT2D eigenvalue weighted by Gasteiger charge is -2.35. The monoisotopic (exact) mass is 592 g/mol. The van der Waals surface area contributed by atoms with E-state index in [2.05, 4.69) is 38.0 Å². The van der Waals surface area contributed by atoms with Crippen LogP contribution in [0.1, 0.15) is 56.3 Å². The van der Waals surface area contributed by atoms with E-state index in [9.17, 15) is 4.79 Å². The largest absolute Gasteiger partial charge is 0.373 e. The van der Waals surface area contributed by atoms with Crippen LogP contribution in [0.4, 0.5) is 5.69 Å². The van der Waals surface area contributed by atoms with E-state index in [1.807, 2.05) is 42.5 Å². The quantitative estimate of drug-likeness (QED) is 0.228. The number of carbonyl (C=O) groups is 1. The summed E-state index contributed by atoms with van der Waals surface area (Å²) in [5.41, 5.74) is 3.83. The number of anilines is 1. The normalized spacial score (nSPS) is 25.4. The molecule has 212 valence electrons. The van der Waals surface area contributed by atoms with Crippen molar-refractivity contribution in [3.8, 4) is 22.6 Å². The summed E-state index contributed by atoms with van der Waals surface area (Å²) in [6.45, 7) is 2.64. The second-order valence-corrected chi connectivity index (χ2v) is 12.4. The Kier molecular flexibility index (Phi) is 7.05. The fourth-order valence-electron chi connectivity index (χ4n) is 6.91. The number of amides is 1. The molecule has 9 nitrogen and oxygen atoms in total. The lowest BCUT2D eigenvalue weighted by molar-refractivity contribution is -0.125. The van der Waals surface area contributed by atoms with Gasteiger partial charge < -0.3 is 14.6 Å². The van der Waals surface area contributed by atoms with Gasteiger partial charge in [0.2, 0.25) is 5.91 Å². The van der Waals surface area contributed by atoms with Crippen molar-refractivity contribution in [3.63, 3.8) is 0 Å². The maximum Gasteiger partial charge on any atom is 0.228 e. The van der Waals surface area contributed by atoms with Crippen LogP contribution in [0.2, 0.25) is 10.0 Å². The maximum atomic E-state index is 13.6. The van der Waals surface area contributed by atoms with Gasteiger partial charge in [-0.3, -0.25) is 4.79 Å². The number of ether oxygens (including phenoxy) is 1. The van der Waals surface area contributed by atoms with E-state index in [0.29, 0.717) is 45.6 Å². The number of fused-ring (bicyclic) bond motifs is 2. The molecule has 2 aromatic carbocycles. The first-order chi connectivity index (χ1) is 20.0. The van der Waals surface area contributed by atoms with Crippen molar-refractivity contribution in [1.82, 2.24) is 25.8 Å². The number of H-pyrrole nitrogens is 1. The zero-order valence-electron chi connectivity index (χ0n) is 22.5. The number of carbonyl (C=O) groups excluding carboxylic acids is 1. The van der Waals surface area contributed by atoms with Crippen molar-refractivity contribution in [2.24, 2.45) is 23.7 Å². The van der Waals surface area contributed by atoms with E-state index in [1.165, 1.54) is 0 Å². The number of rotatable bonds is 8. The molecular weight excluding hydrogens is 563 g/mol. The van der Waals surface area contributed by atoms with Gasteiger partial charge in [0, 0.05) is 34.2 Å². The molecule has 1 amide bonds. The summed E-state index contributed by atoms with van der Waals surface area (Å²) < 4.78 is 12.4. The fourth-order valence-corrected chi connectivity index (χ4v) is 7.48. The first-order valence-electron chi connectivity index (χ1n) is 14.2. The number of hydrogen-bond donors (Lipinski definition) is 2. The Morgan fingerprint density at radius 2 is 1.93 bits per heavy atom. The highest BCUT2D eigenvalue weighted by Gasteiger charge is 2.50. The zero-order chi connectivity index (χ0) is 28.1. The molecule has 3 aliphatic carbocycles. The van der Waals surface area contributed by atoms with E-state index < -0.39 is 0 Å². The van der Waals surface area contributed by atoms with Gasteiger partial charge in [0.05, 0.1) is 22.8 Å². The molecule has 2 aromatic heterocycles. The van der Waals surface area contributed by atoms with E-state index >= 15 is 0 Å². The van der Waals surface area contributed by atoms with Gasteiger partial charge in [-0.15, -0.1) is 5.10 Å². The second kappa shape index (κ2) is 10.9. The number of nitrogens with zero attached hydrogens (tertiary/aromatic N) is 4. The molecule has 3 aliphatic rings. The summed E-state index contributed by atoms with van der Waals surface area (Å²) in [6, 6.07) is 13.0. The van der Waals surface area contributed by atoms with Crippen LogP contribution in [-0.2, 0) is 16.1 Å². The smallest absolute Gasteiger partial charge is 0.228 e. The van der Waals surface area contributed by atoms with Gasteiger partial charge in [0.15, 0.2) is 5.82 Å². The molecule has 7 rings (SSSR count). The lowest BCUT2D eigenvalue weighted by Crippen LogP contribution is -2.39. The molecule has 2 bridgehead atoms. The number of aromatic nitrogens is 5. The van der Waals surface area contributed by atoms with Crippen molar-refractivity contribution in [3.05, 3.63) is 63.8 Å². The highest BCUT2D eigenvalue weighted by molar-refractivity contribution is 6.39. The molecule has 4 aromatic rings. The number of hydrogen-bond acceptors (Lipinski definition) is 7. The second-order valence-electron chi connectivity index (χ2n) is 11.6. The first-order valence-corrected chi connectivity index (χ1v) is 14.9. The van der Waals surface area contributed by atoms with Crippen molar-refractivity contribution < 1.29 is 14.1 Å². The summed E-state index contributed by atoms with van der Waals surface area (Å²) in [4.78, 5) is 13.6. The van der Waals surface area contributed by atoms with Crippen LogP contribution in [0.15, 0.2) is 47.0 Å². The van der Waals surface area contributed by atoms with Crippen LogP contribution < -0.4 is 5.32 Å². The third kappa shape index (κ3) is 5.15. The van der Waals surface area contributed by atoms with Gasteiger partial charge in [0.25, 0.3) is 0 Å². The summed E-state index contributed by atoms with van der Waals surface area (Å²) in [5, 5.41) is 22.6. The predicted octanol–water partition coefficient (Wildman–Crippen LogP) is 6.91. The minimum atomic E-state index is -0.0458. The zero-order valence-corrected chi connectivity index (χ0v) is 24.0. The summed E-state index contributed by atoms with van der Waals surface area (Å²) in [6.07, 6.45) is 4.92. The SMILES string of the molecule is C[C@@H]1CC2CC(OCc3c(-c4c(Cl)cccc4Cl)noc3C3CC3)CC1C2C(=O)Nc1cccc(-c2nnn[nH]2)c1. The molecular formula is C30H30Cl2N6O3. The molecule has 5 atom stereocenters. The average Bonchev–Trinajstić information content (AvgIpc) is 3.40. The molecule has 2 N–H and O–H groups in total. The van der Waals surface area contributed by atoms with Gasteiger partial charge in [-0.05, 0) is 84.6 Å². The van der Waals surface area contributed by atoms with Crippen molar-refractivity contribution in [2.45, 2.75) is 57.7 Å². The number of aromatic amines is 1. The number of halogens is 2. The van der Waals surface area contributed by atoms with Crippen LogP contribution in [0.5, 0.6) is 0 Å². The van der Waals surface area contributed by atoms with Crippen LogP contribution in [0, 0.1) is 23.7 Å². The van der Waals surface area contributed by atoms with Crippen LogP contribution in [0.25, 0.3) is 22.6 Å². The van der Waals surface area contributed by atoms with E-state index in [0.717, 1.165) is 54.7 Å². The van der Waals surface area contributed by atoms with Crippen LogP contribution in [0.3, 0.4) is 0 Å². The fraction of sp³-hybridized carbons (Fsp3) is 0.433. The Bertz CT molecular complexity index is 1550. The Balaban J connectivity index is 1.05. The lowest BCUT2D eigenvalue weighted by atomic mass is 9.75. The van der Waals surface area contributed by atoms with E-state index in [-0.39, 0.29) is 29.8 Å². The van der Waals surface area contributed by atoms with Crippen molar-refractivity contribution >= 4 is 34.8 Å². The van der Waals surface area contributed by atoms with Crippen molar-refractivity contribution in [2.75, 3.05) is 5.32 Å². The standard InChI is InChI=1S/C30H30Cl2N6O3/c1-15-10-18-12-20(13-21(15)25(18)30(39)33-19-5-2-4-17(11-19)29-34-37-38-35-29)40-14-22-27(36-41-28(22)16-8-9-16)26-23(31)6-3-7-24(26)32/h2-7,11,15-16,18,20-21,25H,8-10,12-14H2,1H3,(H,33,39)(H,34,35,37,38)/t15-,18?,20?,21?,25?/m1/s1. The molecule has 4 unspecified atom stereocenters. The minimum Gasteiger partial charge on any atom is -0.373 e. The highest BCUT2D eigenvalue weighted by atomic mass is 35.5. The predicted molar refractivity (Wildman–Crippen MR) is 154 cm³/mol. The van der Waals surface area contributed by atoms with Gasteiger partial charge >= 0.3 is 0 Å². The molecule has 2 heterocycles. The average molecular weight is 594 g/mol. The Labute approximate surface area is 247 Å². The number of nitrogens with one attached hydrogen (secondary N) is 2. The maximum absolute atomic E-state index is 13.6. The third-order valence-electron chi connectivity index (χ3n) is 8.96. The molecule has 3 saturated carbocycles. The van der Waals surface area contributed by atoms with Crippen molar-refractivity contribution in [1.29, 1.82) is 0 Å². The summed E-state index contributed by atoms with van der Waals surface area (Å²) in [7, 11) is 0. The highest BCUT2D eigenvalue weighted by Crippen LogP contribution is 2.52. The minimum absolute atomic E-state index is 0.0458. The first kappa shape index (κ1) is 26.6. The van der Waals surface area contributed by atoms with Gasteiger partial charge in [0.1, 0.15) is 11.5 Å². The molecule has 0 saturated heterocycles. The molecule has 11 heteroatoms. The molecule has 0 radical (unpaired) electrons. The Morgan fingerprint density at radius 3 is 2.66 bits per heavy atom. The molecule has 0 spiro atoms. The Hall–Kier alpha value is -3.27. The van der Waals surface area contributed by atoms with E-state index in [4.69, 9.17) is 32.5 Å². The van der Waals surface area contributed by atoms with Gasteiger partial charge in [-0.1, -0.05) is 53.5 Å².